The topological polar surface area (TPSA) is 57.0 Å². The van der Waals surface area contributed by atoms with Crippen LogP contribution in [-0.4, -0.2) is 33.5 Å². The first kappa shape index (κ1) is 17.2. The minimum Gasteiger partial charge on any atom is -0.460 e. The van der Waals surface area contributed by atoms with E-state index in [0.717, 1.165) is 17.7 Å². The number of nitrogens with zero attached hydrogens (tertiary/aromatic N) is 3. The molecule has 0 aliphatic heterocycles. The fraction of sp³-hybridized carbons (Fsp3) is 0.615. The van der Waals surface area contributed by atoms with Crippen molar-refractivity contribution >= 4 is 12.2 Å². The highest BCUT2D eigenvalue weighted by atomic mass is 19.4. The smallest absolute Gasteiger partial charge is 0.413 e. The van der Waals surface area contributed by atoms with E-state index in [1.54, 1.807) is 13.8 Å². The summed E-state index contributed by atoms with van der Waals surface area (Å²) in [5.41, 5.74) is -0.850. The van der Waals surface area contributed by atoms with E-state index >= 15 is 0 Å². The third kappa shape index (κ3) is 4.05. The molecule has 0 aromatic carbocycles. The molecule has 1 unspecified atom stereocenters. The summed E-state index contributed by atoms with van der Waals surface area (Å²) in [6, 6.07) is 0. The van der Waals surface area contributed by atoms with Crippen molar-refractivity contribution in [2.75, 3.05) is 6.61 Å². The Bertz CT molecular complexity index is 535. The molecule has 1 aromatic heterocycles. The SMILES string of the molecule is CCOC(=O)c1nnc(C(C)CC)n1/C=C(\C)C(F)(F)F. The molecule has 5 nitrogen and oxygen atoms in total. The summed E-state index contributed by atoms with van der Waals surface area (Å²) >= 11 is 0. The number of ether oxygens (including phenoxy) is 1. The Morgan fingerprint density at radius 2 is 2.00 bits per heavy atom. The molecule has 0 N–H and O–H groups in total. The van der Waals surface area contributed by atoms with Crippen LogP contribution >= 0.6 is 0 Å². The largest absolute Gasteiger partial charge is 0.460 e. The Morgan fingerprint density at radius 1 is 1.38 bits per heavy atom. The lowest BCUT2D eigenvalue weighted by Gasteiger charge is -2.12. The highest BCUT2D eigenvalue weighted by molar-refractivity contribution is 5.86. The van der Waals surface area contributed by atoms with Crippen LogP contribution < -0.4 is 0 Å². The van der Waals surface area contributed by atoms with Crippen molar-refractivity contribution in [3.63, 3.8) is 0 Å². The lowest BCUT2D eigenvalue weighted by Crippen LogP contribution is -2.15. The minimum atomic E-state index is -4.48. The molecule has 21 heavy (non-hydrogen) atoms. The number of rotatable bonds is 5. The fourth-order valence-electron chi connectivity index (χ4n) is 1.55. The molecule has 0 saturated heterocycles. The van der Waals surface area contributed by atoms with Gasteiger partial charge in [0.15, 0.2) is 0 Å². The molecular formula is C13H18F3N3O2. The van der Waals surface area contributed by atoms with Crippen LogP contribution in [0.15, 0.2) is 5.57 Å². The lowest BCUT2D eigenvalue weighted by atomic mass is 10.1. The predicted molar refractivity (Wildman–Crippen MR) is 70.7 cm³/mol. The predicted octanol–water partition coefficient (Wildman–Crippen LogP) is 3.39. The summed E-state index contributed by atoms with van der Waals surface area (Å²) in [4.78, 5) is 11.8. The van der Waals surface area contributed by atoms with Gasteiger partial charge in [-0.15, -0.1) is 10.2 Å². The average Bonchev–Trinajstić information content (AvgIpc) is 2.80. The van der Waals surface area contributed by atoms with Crippen molar-refractivity contribution in [3.05, 3.63) is 17.2 Å². The first-order chi connectivity index (χ1) is 9.72. The van der Waals surface area contributed by atoms with Crippen LogP contribution in [0.1, 0.15) is 56.5 Å². The molecular weight excluding hydrogens is 287 g/mol. The molecule has 0 aliphatic rings. The minimum absolute atomic E-state index is 0.103. The Morgan fingerprint density at radius 3 is 2.48 bits per heavy atom. The Balaban J connectivity index is 3.36. The van der Waals surface area contributed by atoms with Gasteiger partial charge >= 0.3 is 12.1 Å². The molecule has 118 valence electrons. The highest BCUT2D eigenvalue weighted by Gasteiger charge is 2.31. The number of aromatic nitrogens is 3. The molecule has 1 rings (SSSR count). The summed E-state index contributed by atoms with van der Waals surface area (Å²) < 4.78 is 43.9. The zero-order chi connectivity index (χ0) is 16.2. The van der Waals surface area contributed by atoms with Crippen LogP contribution in [-0.2, 0) is 4.74 Å². The van der Waals surface area contributed by atoms with Gasteiger partial charge in [-0.3, -0.25) is 4.57 Å². The molecule has 0 bridgehead atoms. The van der Waals surface area contributed by atoms with Crippen LogP contribution in [0.3, 0.4) is 0 Å². The maximum atomic E-state index is 12.7. The van der Waals surface area contributed by atoms with Crippen LogP contribution in [0.2, 0.25) is 0 Å². The molecule has 1 atom stereocenters. The van der Waals surface area contributed by atoms with Gasteiger partial charge in [0.2, 0.25) is 5.82 Å². The van der Waals surface area contributed by atoms with Gasteiger partial charge in [0.05, 0.1) is 6.61 Å². The van der Waals surface area contributed by atoms with Crippen molar-refractivity contribution in [3.8, 4) is 0 Å². The Hall–Kier alpha value is -1.86. The van der Waals surface area contributed by atoms with Crippen molar-refractivity contribution in [1.29, 1.82) is 0 Å². The number of hydrogen-bond donors (Lipinski definition) is 0. The molecule has 0 spiro atoms. The van der Waals surface area contributed by atoms with E-state index in [-0.39, 0.29) is 18.3 Å². The summed E-state index contributed by atoms with van der Waals surface area (Å²) in [5.74, 6) is -0.899. The van der Waals surface area contributed by atoms with Gasteiger partial charge in [0, 0.05) is 17.7 Å². The second-order valence-electron chi connectivity index (χ2n) is 4.59. The number of hydrogen-bond acceptors (Lipinski definition) is 4. The monoisotopic (exact) mass is 305 g/mol. The number of esters is 1. The number of carbonyl (C=O) groups excluding carboxylic acids is 1. The van der Waals surface area contributed by atoms with Crippen molar-refractivity contribution in [2.45, 2.75) is 46.2 Å². The third-order valence-electron chi connectivity index (χ3n) is 3.00. The Kier molecular flexibility index (Phi) is 5.51. The van der Waals surface area contributed by atoms with Gasteiger partial charge in [-0.25, -0.2) is 4.79 Å². The molecule has 1 aromatic rings. The van der Waals surface area contributed by atoms with Gasteiger partial charge in [0.1, 0.15) is 5.82 Å². The average molecular weight is 305 g/mol. The van der Waals surface area contributed by atoms with E-state index < -0.39 is 17.7 Å². The van der Waals surface area contributed by atoms with Gasteiger partial charge in [-0.2, -0.15) is 13.2 Å². The molecule has 0 fully saturated rings. The van der Waals surface area contributed by atoms with Gasteiger partial charge in [-0.1, -0.05) is 13.8 Å². The van der Waals surface area contributed by atoms with Crippen LogP contribution in [0, 0.1) is 0 Å². The van der Waals surface area contributed by atoms with Gasteiger partial charge < -0.3 is 4.74 Å². The van der Waals surface area contributed by atoms with Crippen LogP contribution in [0.4, 0.5) is 13.2 Å². The van der Waals surface area contributed by atoms with E-state index in [2.05, 4.69) is 10.2 Å². The molecule has 0 radical (unpaired) electrons. The van der Waals surface area contributed by atoms with Gasteiger partial charge in [-0.05, 0) is 20.3 Å². The van der Waals surface area contributed by atoms with E-state index in [9.17, 15) is 18.0 Å². The van der Waals surface area contributed by atoms with E-state index in [1.807, 2.05) is 6.92 Å². The standard InChI is InChI=1S/C13H18F3N3O2/c1-5-8(3)10-17-18-11(12(20)21-6-2)19(10)7-9(4)13(14,15)16/h7-8H,5-6H2,1-4H3/b9-7+. The number of carbonyl (C=O) groups is 1. The van der Waals surface area contributed by atoms with E-state index in [4.69, 9.17) is 4.74 Å². The second kappa shape index (κ2) is 6.73. The number of allylic oxidation sites excluding steroid dienone is 1. The highest BCUT2D eigenvalue weighted by Crippen LogP contribution is 2.27. The van der Waals surface area contributed by atoms with Crippen LogP contribution in [0.25, 0.3) is 6.20 Å². The summed E-state index contributed by atoms with van der Waals surface area (Å²) in [7, 11) is 0. The molecule has 0 saturated carbocycles. The van der Waals surface area contributed by atoms with Crippen molar-refractivity contribution in [2.24, 2.45) is 0 Å². The molecule has 0 aliphatic carbocycles. The van der Waals surface area contributed by atoms with Crippen molar-refractivity contribution in [1.82, 2.24) is 14.8 Å². The number of alkyl halides is 3. The first-order valence-electron chi connectivity index (χ1n) is 6.59. The maximum absolute atomic E-state index is 12.7. The van der Waals surface area contributed by atoms with Gasteiger partial charge in [0.25, 0.3) is 0 Å². The third-order valence-corrected chi connectivity index (χ3v) is 3.00. The molecule has 0 amide bonds. The second-order valence-corrected chi connectivity index (χ2v) is 4.59. The van der Waals surface area contributed by atoms with Crippen molar-refractivity contribution < 1.29 is 22.7 Å². The zero-order valence-electron chi connectivity index (χ0n) is 12.4. The maximum Gasteiger partial charge on any atom is 0.413 e. The lowest BCUT2D eigenvalue weighted by molar-refractivity contribution is -0.0906. The van der Waals surface area contributed by atoms with E-state index in [1.165, 1.54) is 0 Å². The molecule has 1 heterocycles. The summed E-state index contributed by atoms with van der Waals surface area (Å²) in [6.45, 7) is 6.30. The fourth-order valence-corrected chi connectivity index (χ4v) is 1.55. The summed E-state index contributed by atoms with van der Waals surface area (Å²) in [6.07, 6.45) is -3.00. The number of halogens is 3. The zero-order valence-corrected chi connectivity index (χ0v) is 12.4. The Labute approximate surface area is 120 Å². The van der Waals surface area contributed by atoms with E-state index in [0.29, 0.717) is 12.2 Å². The quantitative estimate of drug-likeness (QED) is 0.782. The molecule has 8 heteroatoms. The first-order valence-corrected chi connectivity index (χ1v) is 6.59. The normalized spacial score (nSPS) is 14.1. The van der Waals surface area contributed by atoms with Crippen LogP contribution in [0.5, 0.6) is 0 Å². The summed E-state index contributed by atoms with van der Waals surface area (Å²) in [5, 5.41) is 7.49.